The molecule has 0 radical (unpaired) electrons. The molecule has 0 fully saturated rings. The van der Waals surface area contributed by atoms with Crippen LogP contribution in [0.4, 0.5) is 17.1 Å². The van der Waals surface area contributed by atoms with Gasteiger partial charge in [-0.25, -0.2) is 0 Å². The Labute approximate surface area is 317 Å². The van der Waals surface area contributed by atoms with Crippen molar-refractivity contribution in [3.05, 3.63) is 212 Å². The fourth-order valence-corrected chi connectivity index (χ4v) is 6.41. The Hall–Kier alpha value is -6.70. The van der Waals surface area contributed by atoms with Gasteiger partial charge in [-0.3, -0.25) is 0 Å². The van der Waals surface area contributed by atoms with Crippen molar-refractivity contribution in [2.75, 3.05) is 4.90 Å². The van der Waals surface area contributed by atoms with E-state index in [1.807, 2.05) is 91.0 Å². The number of fused-ring (bicyclic) bond motifs is 2. The molecule has 0 saturated carbocycles. The lowest BCUT2D eigenvalue weighted by Gasteiger charge is -2.26. The fourth-order valence-electron chi connectivity index (χ4n) is 6.41. The Balaban J connectivity index is 1.30. The number of hydrogen-bond donors (Lipinski definition) is 0. The molecule has 0 amide bonds. The first-order chi connectivity index (χ1) is 30.7. The molecular weight excluding hydrogens is 615 g/mol. The van der Waals surface area contributed by atoms with Gasteiger partial charge >= 0.3 is 0 Å². The van der Waals surface area contributed by atoms with Crippen LogP contribution < -0.4 is 4.90 Å². The van der Waals surface area contributed by atoms with Gasteiger partial charge in [-0.15, -0.1) is 0 Å². The summed E-state index contributed by atoms with van der Waals surface area (Å²) in [5, 5.41) is 3.81. The molecule has 0 spiro atoms. The van der Waals surface area contributed by atoms with Gasteiger partial charge in [0, 0.05) is 17.1 Å². The Morgan fingerprint density at radius 3 is 1.59 bits per heavy atom. The van der Waals surface area contributed by atoms with Gasteiger partial charge < -0.3 is 4.90 Å². The molecule has 9 aromatic rings. The van der Waals surface area contributed by atoms with Crippen molar-refractivity contribution in [1.29, 1.82) is 0 Å². The zero-order valence-corrected chi connectivity index (χ0v) is 27.1. The summed E-state index contributed by atoms with van der Waals surface area (Å²) in [6, 6.07) is 33.6. The van der Waals surface area contributed by atoms with Gasteiger partial charge in [0.1, 0.15) is 0 Å². The van der Waals surface area contributed by atoms with Crippen LogP contribution in [0, 0.1) is 0 Å². The molecule has 240 valence electrons. The molecule has 0 aliphatic heterocycles. The molecule has 1 heteroatoms. The van der Waals surface area contributed by atoms with Gasteiger partial charge in [0.05, 0.1) is 17.8 Å². The Morgan fingerprint density at radius 2 is 0.882 bits per heavy atom. The average molecular weight is 663 g/mol. The van der Waals surface area contributed by atoms with Crippen LogP contribution in [-0.2, 0) is 0 Å². The van der Waals surface area contributed by atoms with Crippen molar-refractivity contribution in [1.82, 2.24) is 0 Å². The lowest BCUT2D eigenvalue weighted by molar-refractivity contribution is 1.28. The van der Waals surface area contributed by atoms with E-state index < -0.39 is 95.4 Å². The normalized spacial score (nSPS) is 14.7. The maximum Gasteiger partial charge on any atom is 0.0645 e. The minimum Gasteiger partial charge on any atom is -0.311 e. The van der Waals surface area contributed by atoms with Crippen molar-refractivity contribution in [2.24, 2.45) is 0 Å². The maximum atomic E-state index is 9.48. The molecule has 0 unspecified atom stereocenters. The zero-order valence-electron chi connectivity index (χ0n) is 40.1. The molecule has 1 nitrogen and oxygen atoms in total. The molecule has 9 rings (SSSR count). The van der Waals surface area contributed by atoms with Crippen LogP contribution >= 0.6 is 0 Å². The minimum atomic E-state index is -0.733. The quantitative estimate of drug-likeness (QED) is 0.164. The molecule has 0 aliphatic carbocycles. The third-order valence-corrected chi connectivity index (χ3v) is 8.89. The second-order valence-corrected chi connectivity index (χ2v) is 12.0. The van der Waals surface area contributed by atoms with E-state index in [2.05, 4.69) is 6.07 Å². The highest BCUT2D eigenvalue weighted by atomic mass is 15.1. The molecule has 0 aliphatic rings. The lowest BCUT2D eigenvalue weighted by atomic mass is 9.90. The fraction of sp³-hybridized carbons (Fsp3) is 0. The number of hydrogen-bond acceptors (Lipinski definition) is 1. The van der Waals surface area contributed by atoms with Gasteiger partial charge in [-0.05, 0) is 108 Å². The van der Waals surface area contributed by atoms with E-state index in [1.54, 1.807) is 36.4 Å². The minimum absolute atomic E-state index is 0.0284. The molecule has 51 heavy (non-hydrogen) atoms. The third-order valence-electron chi connectivity index (χ3n) is 8.89. The Morgan fingerprint density at radius 1 is 0.333 bits per heavy atom. The van der Waals surface area contributed by atoms with Gasteiger partial charge in [0.25, 0.3) is 0 Å². The highest BCUT2D eigenvalue weighted by Crippen LogP contribution is 2.41. The van der Waals surface area contributed by atoms with Crippen LogP contribution in [0.15, 0.2) is 212 Å². The SMILES string of the molecule is [2H]c1c([2H])c([2H])c(-c2c([2H])c([2H])c(N(c3ccc(-c4ccc5ccccc5c4-c4ccccc4)cc3)c3c([2H])c([2H])c(-c4ccc5ccccc5c4)c([2H])c3[2H])c([2H])c2[2H])c([2H])c1[2H]. The Kier molecular flexibility index (Phi) is 5.08. The summed E-state index contributed by atoms with van der Waals surface area (Å²) in [5.74, 6) is 0. The van der Waals surface area contributed by atoms with Gasteiger partial charge in [-0.2, -0.15) is 0 Å². The van der Waals surface area contributed by atoms with Crippen LogP contribution in [0.25, 0.3) is 66.1 Å². The topological polar surface area (TPSA) is 3.24 Å². The van der Waals surface area contributed by atoms with Crippen molar-refractivity contribution in [2.45, 2.75) is 0 Å². The first kappa shape index (κ1) is 19.5. The molecule has 9 aromatic carbocycles. The molecule has 0 N–H and O–H groups in total. The summed E-state index contributed by atoms with van der Waals surface area (Å²) >= 11 is 0. The van der Waals surface area contributed by atoms with E-state index in [0.29, 0.717) is 5.56 Å². The maximum absolute atomic E-state index is 9.48. The molecule has 0 heterocycles. The predicted molar refractivity (Wildman–Crippen MR) is 218 cm³/mol. The number of anilines is 3. The van der Waals surface area contributed by atoms with E-state index >= 15 is 0 Å². The third kappa shape index (κ3) is 5.96. The number of benzene rings is 9. The summed E-state index contributed by atoms with van der Waals surface area (Å²) < 4.78 is 117. The van der Waals surface area contributed by atoms with E-state index in [0.717, 1.165) is 43.8 Å². The van der Waals surface area contributed by atoms with Gasteiger partial charge in [0.15, 0.2) is 0 Å². The number of rotatable bonds is 7. The second kappa shape index (κ2) is 13.3. The zero-order chi connectivity index (χ0) is 45.3. The van der Waals surface area contributed by atoms with Crippen LogP contribution in [0.2, 0.25) is 0 Å². The van der Waals surface area contributed by atoms with Crippen molar-refractivity contribution in [3.8, 4) is 44.5 Å². The van der Waals surface area contributed by atoms with Crippen LogP contribution in [0.3, 0.4) is 0 Å². The summed E-state index contributed by atoms with van der Waals surface area (Å²) in [4.78, 5) is 1.18. The van der Waals surface area contributed by atoms with Crippen LogP contribution in [-0.4, -0.2) is 0 Å². The van der Waals surface area contributed by atoms with Crippen molar-refractivity contribution in [3.63, 3.8) is 0 Å². The van der Waals surface area contributed by atoms with Crippen LogP contribution in [0.1, 0.15) is 17.8 Å². The average Bonchev–Trinajstić information content (AvgIpc) is 3.32. The first-order valence-electron chi connectivity index (χ1n) is 23.0. The summed E-state index contributed by atoms with van der Waals surface area (Å²) in [6.07, 6.45) is 0. The lowest BCUT2D eigenvalue weighted by Crippen LogP contribution is -2.09. The molecular formula is C50H35N. The number of nitrogens with zero attached hydrogens (tertiary/aromatic N) is 1. The summed E-state index contributed by atoms with van der Waals surface area (Å²) in [7, 11) is 0. The van der Waals surface area contributed by atoms with E-state index in [9.17, 15) is 11.0 Å². The largest absolute Gasteiger partial charge is 0.311 e. The molecule has 0 saturated heterocycles. The standard InChI is InChI=1S/C50H35N/c1-3-11-36(12-4-1)38-21-28-45(29-22-38)51(46-30-23-39(24-31-46)44-20-19-37-13-7-8-17-43(37)35-44)47-32-25-41(26-33-47)49-34-27-40-14-9-10-18-48(40)50(49)42-15-5-2-6-16-42/h1-35H/i1D,3D,4D,11D,12D,21D,22D,23D,24D,28D,29D,30D,31D. The molecule has 0 atom stereocenters. The first-order valence-corrected chi connectivity index (χ1v) is 16.5. The van der Waals surface area contributed by atoms with E-state index in [4.69, 9.17) is 6.85 Å². The smallest absolute Gasteiger partial charge is 0.0645 e. The van der Waals surface area contributed by atoms with E-state index in [-0.39, 0.29) is 16.9 Å². The monoisotopic (exact) mass is 662 g/mol. The highest BCUT2D eigenvalue weighted by Gasteiger charge is 2.16. The van der Waals surface area contributed by atoms with E-state index in [1.165, 1.54) is 4.90 Å². The predicted octanol–water partition coefficient (Wildman–Crippen LogP) is 14.1. The molecule has 0 bridgehead atoms. The van der Waals surface area contributed by atoms with Gasteiger partial charge in [0.2, 0.25) is 0 Å². The Bertz CT molecular complexity index is 3280. The van der Waals surface area contributed by atoms with Gasteiger partial charge in [-0.1, -0.05) is 170 Å². The highest BCUT2D eigenvalue weighted by molar-refractivity contribution is 6.04. The summed E-state index contributed by atoms with van der Waals surface area (Å²) in [5.41, 5.74) is 2.45. The second-order valence-electron chi connectivity index (χ2n) is 12.0. The summed E-state index contributed by atoms with van der Waals surface area (Å²) in [6.45, 7) is 0. The molecule has 0 aromatic heterocycles. The van der Waals surface area contributed by atoms with Crippen LogP contribution in [0.5, 0.6) is 0 Å². The van der Waals surface area contributed by atoms with Crippen molar-refractivity contribution >= 4 is 38.6 Å². The van der Waals surface area contributed by atoms with Crippen molar-refractivity contribution < 1.29 is 17.8 Å².